The molecular formula is C19H24N6O. The predicted octanol–water partition coefficient (Wildman–Crippen LogP) is 2.80. The van der Waals surface area contributed by atoms with Crippen LogP contribution in [0.5, 0.6) is 0 Å². The smallest absolute Gasteiger partial charge is 0.263 e. The van der Waals surface area contributed by atoms with Crippen LogP contribution in [-0.4, -0.2) is 31.8 Å². The van der Waals surface area contributed by atoms with Gasteiger partial charge in [0.2, 0.25) is 5.82 Å². The van der Waals surface area contributed by atoms with Gasteiger partial charge >= 0.3 is 0 Å². The van der Waals surface area contributed by atoms with Crippen LogP contribution >= 0.6 is 0 Å². The molecule has 7 heteroatoms. The summed E-state index contributed by atoms with van der Waals surface area (Å²) in [5, 5.41) is 16.6. The van der Waals surface area contributed by atoms with Crippen molar-refractivity contribution in [2.75, 3.05) is 0 Å². The van der Waals surface area contributed by atoms with Crippen molar-refractivity contribution in [1.29, 1.82) is 0 Å². The molecule has 4 rings (SSSR count). The highest BCUT2D eigenvalue weighted by Crippen LogP contribution is 2.39. The maximum absolute atomic E-state index is 12.1. The summed E-state index contributed by atoms with van der Waals surface area (Å²) in [7, 11) is 0. The van der Waals surface area contributed by atoms with Crippen molar-refractivity contribution in [3.05, 3.63) is 30.3 Å². The van der Waals surface area contributed by atoms with Crippen molar-refractivity contribution in [2.24, 2.45) is 16.9 Å². The maximum atomic E-state index is 12.1. The van der Waals surface area contributed by atoms with E-state index in [1.807, 2.05) is 30.3 Å². The number of hydrogen-bond donors (Lipinski definition) is 1. The van der Waals surface area contributed by atoms with E-state index in [1.165, 1.54) is 36.9 Å². The highest BCUT2D eigenvalue weighted by Gasteiger charge is 2.30. The third kappa shape index (κ3) is 3.98. The van der Waals surface area contributed by atoms with Crippen LogP contribution in [0.15, 0.2) is 35.4 Å². The van der Waals surface area contributed by atoms with Gasteiger partial charge in [-0.2, -0.15) is 9.90 Å². The number of nitrogens with one attached hydrogen (secondary N) is 1. The molecule has 2 atom stereocenters. The fourth-order valence-corrected chi connectivity index (χ4v) is 4.11. The van der Waals surface area contributed by atoms with Gasteiger partial charge in [-0.05, 0) is 42.7 Å². The van der Waals surface area contributed by atoms with Gasteiger partial charge < -0.3 is 0 Å². The first-order valence-corrected chi connectivity index (χ1v) is 9.45. The number of hydrogen-bond acceptors (Lipinski definition) is 5. The average Bonchev–Trinajstić information content (AvgIpc) is 3.15. The standard InChI is InChI=1S/C19H24N6O/c26-18(13-25-23-19(22-24-25)15-7-2-1-3-8-15)21-20-17-11-10-14-6-4-5-9-16(14)12-17/h1-3,7-8,14,16H,4-6,9-13H2,(H,21,26)/b20-17-/t14-,16-/m1/s1. The summed E-state index contributed by atoms with van der Waals surface area (Å²) >= 11 is 0. The lowest BCUT2D eigenvalue weighted by molar-refractivity contribution is -0.122. The number of carbonyl (C=O) groups is 1. The molecule has 1 aromatic carbocycles. The van der Waals surface area contributed by atoms with E-state index in [-0.39, 0.29) is 12.5 Å². The van der Waals surface area contributed by atoms with Gasteiger partial charge in [0.05, 0.1) is 0 Å². The molecule has 1 N–H and O–H groups in total. The molecule has 136 valence electrons. The molecule has 0 spiro atoms. The van der Waals surface area contributed by atoms with E-state index in [0.29, 0.717) is 5.82 Å². The fourth-order valence-electron chi connectivity index (χ4n) is 4.11. The monoisotopic (exact) mass is 352 g/mol. The molecule has 2 aliphatic carbocycles. The number of hydrazone groups is 1. The number of amides is 1. The lowest BCUT2D eigenvalue weighted by Crippen LogP contribution is -2.30. The van der Waals surface area contributed by atoms with E-state index in [9.17, 15) is 4.79 Å². The van der Waals surface area contributed by atoms with Gasteiger partial charge in [-0.25, -0.2) is 5.43 Å². The van der Waals surface area contributed by atoms with Gasteiger partial charge in [-0.15, -0.1) is 10.2 Å². The SMILES string of the molecule is O=C(Cn1nnc(-c2ccccc2)n1)N/N=C1/CC[C@H]2CCCC[C@@H]2C1. The van der Waals surface area contributed by atoms with Gasteiger partial charge in [0, 0.05) is 11.3 Å². The van der Waals surface area contributed by atoms with Gasteiger partial charge in [0.15, 0.2) is 0 Å². The molecule has 26 heavy (non-hydrogen) atoms. The van der Waals surface area contributed by atoms with Gasteiger partial charge in [0.1, 0.15) is 6.54 Å². The zero-order valence-electron chi connectivity index (χ0n) is 14.8. The van der Waals surface area contributed by atoms with Crippen molar-refractivity contribution >= 4 is 11.6 Å². The summed E-state index contributed by atoms with van der Waals surface area (Å²) in [6, 6.07) is 9.59. The van der Waals surface area contributed by atoms with Crippen molar-refractivity contribution in [3.8, 4) is 11.4 Å². The quantitative estimate of drug-likeness (QED) is 0.858. The minimum Gasteiger partial charge on any atom is -0.271 e. The van der Waals surface area contributed by atoms with E-state index in [2.05, 4.69) is 25.9 Å². The Kier molecular flexibility index (Phi) is 5.04. The van der Waals surface area contributed by atoms with Crippen molar-refractivity contribution in [2.45, 2.75) is 51.5 Å². The Labute approximate surface area is 152 Å². The summed E-state index contributed by atoms with van der Waals surface area (Å²) < 4.78 is 0. The Morgan fingerprint density at radius 1 is 1.15 bits per heavy atom. The first kappa shape index (κ1) is 16.9. The molecule has 0 unspecified atom stereocenters. The van der Waals surface area contributed by atoms with Crippen molar-refractivity contribution < 1.29 is 4.79 Å². The molecule has 0 saturated heterocycles. The minimum absolute atomic E-state index is 0.0165. The molecule has 7 nitrogen and oxygen atoms in total. The lowest BCUT2D eigenvalue weighted by Gasteiger charge is -2.35. The molecule has 2 aliphatic rings. The molecule has 1 aromatic heterocycles. The number of carbonyl (C=O) groups excluding carboxylic acids is 1. The highest BCUT2D eigenvalue weighted by atomic mass is 16.2. The second kappa shape index (κ2) is 7.76. The van der Waals surface area contributed by atoms with E-state index < -0.39 is 0 Å². The summed E-state index contributed by atoms with van der Waals surface area (Å²) in [4.78, 5) is 13.4. The number of fused-ring (bicyclic) bond motifs is 1. The van der Waals surface area contributed by atoms with E-state index in [0.717, 1.165) is 36.0 Å². The fraction of sp³-hybridized carbons (Fsp3) is 0.526. The second-order valence-corrected chi connectivity index (χ2v) is 7.27. The highest BCUT2D eigenvalue weighted by molar-refractivity contribution is 5.87. The zero-order chi connectivity index (χ0) is 17.8. The number of benzene rings is 1. The summed E-state index contributed by atoms with van der Waals surface area (Å²) in [5.41, 5.74) is 4.67. The van der Waals surface area contributed by atoms with Gasteiger partial charge in [0.25, 0.3) is 5.91 Å². The van der Waals surface area contributed by atoms with Crippen LogP contribution in [0.1, 0.15) is 44.9 Å². The minimum atomic E-state index is -0.222. The maximum Gasteiger partial charge on any atom is 0.263 e. The summed E-state index contributed by atoms with van der Waals surface area (Å²) in [6.45, 7) is 0.0165. The van der Waals surface area contributed by atoms with E-state index in [1.54, 1.807) is 0 Å². The second-order valence-electron chi connectivity index (χ2n) is 7.27. The Bertz CT molecular complexity index is 784. The first-order chi connectivity index (χ1) is 12.8. The Morgan fingerprint density at radius 2 is 1.96 bits per heavy atom. The molecular weight excluding hydrogens is 328 g/mol. The zero-order valence-corrected chi connectivity index (χ0v) is 14.8. The molecule has 0 aliphatic heterocycles. The summed E-state index contributed by atoms with van der Waals surface area (Å²) in [6.07, 6.45) is 8.63. The largest absolute Gasteiger partial charge is 0.271 e. The van der Waals surface area contributed by atoms with Crippen molar-refractivity contribution in [3.63, 3.8) is 0 Å². The molecule has 0 radical (unpaired) electrons. The first-order valence-electron chi connectivity index (χ1n) is 9.45. The topological polar surface area (TPSA) is 85.1 Å². The number of rotatable bonds is 4. The lowest BCUT2D eigenvalue weighted by atomic mass is 9.70. The predicted molar refractivity (Wildman–Crippen MR) is 98.1 cm³/mol. The van der Waals surface area contributed by atoms with E-state index in [4.69, 9.17) is 0 Å². The molecule has 1 amide bonds. The molecule has 2 fully saturated rings. The molecule has 2 saturated carbocycles. The van der Waals surface area contributed by atoms with Crippen LogP contribution in [-0.2, 0) is 11.3 Å². The van der Waals surface area contributed by atoms with Gasteiger partial charge in [-0.3, -0.25) is 4.79 Å². The van der Waals surface area contributed by atoms with Crippen molar-refractivity contribution in [1.82, 2.24) is 25.6 Å². The molecule has 0 bridgehead atoms. The molecule has 2 aromatic rings. The van der Waals surface area contributed by atoms with Gasteiger partial charge in [-0.1, -0.05) is 49.6 Å². The molecule has 1 heterocycles. The normalized spacial score (nSPS) is 24.2. The third-order valence-electron chi connectivity index (χ3n) is 5.48. The third-order valence-corrected chi connectivity index (χ3v) is 5.48. The number of tetrazole rings is 1. The number of nitrogens with zero attached hydrogens (tertiary/aromatic N) is 5. The average molecular weight is 352 g/mol. The van der Waals surface area contributed by atoms with Crippen LogP contribution in [0.25, 0.3) is 11.4 Å². The number of aromatic nitrogens is 4. The van der Waals surface area contributed by atoms with Crippen LogP contribution in [0, 0.1) is 11.8 Å². The van der Waals surface area contributed by atoms with Crippen LogP contribution in [0.2, 0.25) is 0 Å². The van der Waals surface area contributed by atoms with Crippen LogP contribution in [0.4, 0.5) is 0 Å². The van der Waals surface area contributed by atoms with Crippen LogP contribution < -0.4 is 5.43 Å². The van der Waals surface area contributed by atoms with E-state index >= 15 is 0 Å². The Morgan fingerprint density at radius 3 is 2.81 bits per heavy atom. The Balaban J connectivity index is 1.31. The van der Waals surface area contributed by atoms with Crippen LogP contribution in [0.3, 0.4) is 0 Å². The Hall–Kier alpha value is -2.57. The summed E-state index contributed by atoms with van der Waals surface area (Å²) in [5.74, 6) is 1.92.